The zero-order valence-corrected chi connectivity index (χ0v) is 8.62. The molecule has 0 aliphatic carbocycles. The first-order chi connectivity index (χ1) is 6.27. The van der Waals surface area contributed by atoms with Gasteiger partial charge < -0.3 is 10.1 Å². The van der Waals surface area contributed by atoms with Crippen LogP contribution in [0.25, 0.3) is 0 Å². The summed E-state index contributed by atoms with van der Waals surface area (Å²) in [5.74, 6) is 0.740. The van der Waals surface area contributed by atoms with Crippen LogP contribution in [0.3, 0.4) is 0 Å². The molecule has 0 saturated carbocycles. The predicted molar refractivity (Wildman–Crippen MR) is 52.8 cm³/mol. The fourth-order valence-electron chi connectivity index (χ4n) is 2.17. The quantitative estimate of drug-likeness (QED) is 0.635. The third-order valence-electron chi connectivity index (χ3n) is 3.20. The van der Waals surface area contributed by atoms with E-state index in [4.69, 9.17) is 4.74 Å². The van der Waals surface area contributed by atoms with Gasteiger partial charge in [-0.3, -0.25) is 4.90 Å². The van der Waals surface area contributed by atoms with Gasteiger partial charge in [-0.05, 0) is 5.92 Å². The van der Waals surface area contributed by atoms with Crippen molar-refractivity contribution in [1.29, 1.82) is 0 Å². The maximum Gasteiger partial charge on any atom is 0.0634 e. The van der Waals surface area contributed by atoms with E-state index >= 15 is 0 Å². The summed E-state index contributed by atoms with van der Waals surface area (Å²) in [7, 11) is 0. The van der Waals surface area contributed by atoms with Crippen molar-refractivity contribution in [2.45, 2.75) is 25.9 Å². The Hall–Kier alpha value is -0.120. The Morgan fingerprint density at radius 3 is 3.08 bits per heavy atom. The minimum atomic E-state index is 0.628. The van der Waals surface area contributed by atoms with Crippen molar-refractivity contribution >= 4 is 0 Å². The molecule has 76 valence electrons. The summed E-state index contributed by atoms with van der Waals surface area (Å²) >= 11 is 0. The fourth-order valence-corrected chi connectivity index (χ4v) is 2.17. The van der Waals surface area contributed by atoms with E-state index in [1.165, 1.54) is 6.54 Å². The third-order valence-corrected chi connectivity index (χ3v) is 3.20. The maximum absolute atomic E-state index is 5.45. The molecule has 3 nitrogen and oxygen atoms in total. The molecule has 2 rings (SSSR count). The van der Waals surface area contributed by atoms with Gasteiger partial charge in [-0.2, -0.15) is 0 Å². The van der Waals surface area contributed by atoms with Crippen LogP contribution in [0.4, 0.5) is 0 Å². The largest absolute Gasteiger partial charge is 0.378 e. The zero-order chi connectivity index (χ0) is 9.26. The first kappa shape index (κ1) is 9.44. The summed E-state index contributed by atoms with van der Waals surface area (Å²) in [6.07, 6.45) is 0. The molecule has 0 radical (unpaired) electrons. The van der Waals surface area contributed by atoms with Crippen LogP contribution in [-0.2, 0) is 4.74 Å². The zero-order valence-electron chi connectivity index (χ0n) is 8.62. The summed E-state index contributed by atoms with van der Waals surface area (Å²) in [5.41, 5.74) is 0. The van der Waals surface area contributed by atoms with Crippen LogP contribution in [0.1, 0.15) is 13.8 Å². The maximum atomic E-state index is 5.45. The Labute approximate surface area is 80.4 Å². The average Bonchev–Trinajstić information content (AvgIpc) is 2.17. The minimum Gasteiger partial charge on any atom is -0.378 e. The van der Waals surface area contributed by atoms with Gasteiger partial charge in [-0.1, -0.05) is 13.8 Å². The molecule has 2 atom stereocenters. The van der Waals surface area contributed by atoms with Crippen molar-refractivity contribution in [3.63, 3.8) is 0 Å². The molecule has 2 aliphatic heterocycles. The van der Waals surface area contributed by atoms with Crippen LogP contribution in [-0.4, -0.2) is 49.8 Å². The Balaban J connectivity index is 1.91. The summed E-state index contributed by atoms with van der Waals surface area (Å²) in [6, 6.07) is 1.30. The van der Waals surface area contributed by atoms with Crippen LogP contribution in [0.15, 0.2) is 0 Å². The second kappa shape index (κ2) is 3.95. The van der Waals surface area contributed by atoms with Crippen molar-refractivity contribution in [3.05, 3.63) is 0 Å². The minimum absolute atomic E-state index is 0.628. The Morgan fingerprint density at radius 1 is 1.46 bits per heavy atom. The third kappa shape index (κ3) is 2.03. The standard InChI is InChI=1S/C10H20N2O/c1-8(2)10-6-12-3-4-13-7-9(12)5-11-10/h8-11H,3-7H2,1-2H3/t9?,10-/m0/s1. The van der Waals surface area contributed by atoms with Crippen molar-refractivity contribution in [2.75, 3.05) is 32.8 Å². The molecular formula is C10H20N2O. The molecule has 13 heavy (non-hydrogen) atoms. The smallest absolute Gasteiger partial charge is 0.0634 e. The summed E-state index contributed by atoms with van der Waals surface area (Å²) in [6.45, 7) is 9.83. The highest BCUT2D eigenvalue weighted by atomic mass is 16.5. The molecule has 0 spiro atoms. The summed E-state index contributed by atoms with van der Waals surface area (Å²) < 4.78 is 5.45. The normalized spacial score (nSPS) is 36.2. The van der Waals surface area contributed by atoms with Crippen LogP contribution in [0.5, 0.6) is 0 Å². The molecule has 0 aromatic carbocycles. The average molecular weight is 184 g/mol. The molecule has 1 unspecified atom stereocenters. The van der Waals surface area contributed by atoms with Crippen LogP contribution >= 0.6 is 0 Å². The van der Waals surface area contributed by atoms with E-state index in [1.54, 1.807) is 0 Å². The van der Waals surface area contributed by atoms with E-state index in [-0.39, 0.29) is 0 Å². The molecule has 0 amide bonds. The van der Waals surface area contributed by atoms with E-state index in [2.05, 4.69) is 24.1 Å². The molecule has 2 aliphatic rings. The van der Waals surface area contributed by atoms with Gasteiger partial charge in [0.2, 0.25) is 0 Å². The second-order valence-electron chi connectivity index (χ2n) is 4.48. The van der Waals surface area contributed by atoms with Gasteiger partial charge in [-0.25, -0.2) is 0 Å². The molecule has 0 aromatic heterocycles. The molecular weight excluding hydrogens is 164 g/mol. The lowest BCUT2D eigenvalue weighted by molar-refractivity contribution is -0.0299. The van der Waals surface area contributed by atoms with Crippen molar-refractivity contribution in [3.8, 4) is 0 Å². The number of nitrogens with zero attached hydrogens (tertiary/aromatic N) is 1. The summed E-state index contributed by atoms with van der Waals surface area (Å²) in [4.78, 5) is 2.57. The van der Waals surface area contributed by atoms with Gasteiger partial charge in [0.15, 0.2) is 0 Å². The number of hydrogen-bond donors (Lipinski definition) is 1. The fraction of sp³-hybridized carbons (Fsp3) is 1.00. The SMILES string of the molecule is CC(C)[C@@H]1CN2CCOCC2CN1. The Morgan fingerprint density at radius 2 is 2.31 bits per heavy atom. The molecule has 2 heterocycles. The van der Waals surface area contributed by atoms with Crippen LogP contribution < -0.4 is 5.32 Å². The number of nitrogens with one attached hydrogen (secondary N) is 1. The number of morpholine rings is 1. The first-order valence-corrected chi connectivity index (χ1v) is 5.32. The molecule has 0 bridgehead atoms. The van der Waals surface area contributed by atoms with E-state index in [9.17, 15) is 0 Å². The number of fused-ring (bicyclic) bond motifs is 1. The van der Waals surface area contributed by atoms with E-state index in [1.807, 2.05) is 0 Å². The van der Waals surface area contributed by atoms with Gasteiger partial charge in [0.05, 0.1) is 13.2 Å². The second-order valence-corrected chi connectivity index (χ2v) is 4.48. The number of ether oxygens (including phenoxy) is 1. The molecule has 3 heteroatoms. The van der Waals surface area contributed by atoms with E-state index in [0.717, 1.165) is 32.2 Å². The summed E-state index contributed by atoms with van der Waals surface area (Å²) in [5, 5.41) is 3.60. The lowest BCUT2D eigenvalue weighted by Crippen LogP contribution is -2.61. The van der Waals surface area contributed by atoms with Gasteiger partial charge in [0.25, 0.3) is 0 Å². The predicted octanol–water partition coefficient (Wildman–Crippen LogP) is 0.315. The van der Waals surface area contributed by atoms with Crippen LogP contribution in [0, 0.1) is 5.92 Å². The molecule has 2 saturated heterocycles. The highest BCUT2D eigenvalue weighted by Crippen LogP contribution is 2.15. The monoisotopic (exact) mass is 184 g/mol. The number of piperazine rings is 1. The number of rotatable bonds is 1. The highest BCUT2D eigenvalue weighted by Gasteiger charge is 2.30. The topological polar surface area (TPSA) is 24.5 Å². The van der Waals surface area contributed by atoms with Gasteiger partial charge in [0, 0.05) is 31.7 Å². The van der Waals surface area contributed by atoms with Gasteiger partial charge in [0.1, 0.15) is 0 Å². The van der Waals surface area contributed by atoms with Gasteiger partial charge in [-0.15, -0.1) is 0 Å². The van der Waals surface area contributed by atoms with Crippen molar-refractivity contribution in [2.24, 2.45) is 5.92 Å². The lowest BCUT2D eigenvalue weighted by Gasteiger charge is -2.44. The van der Waals surface area contributed by atoms with Crippen molar-refractivity contribution < 1.29 is 4.74 Å². The lowest BCUT2D eigenvalue weighted by atomic mass is 9.99. The van der Waals surface area contributed by atoms with Crippen molar-refractivity contribution in [1.82, 2.24) is 10.2 Å². The Bertz CT molecular complexity index is 172. The number of hydrogen-bond acceptors (Lipinski definition) is 3. The molecule has 0 aromatic rings. The molecule has 2 fully saturated rings. The van der Waals surface area contributed by atoms with E-state index < -0.39 is 0 Å². The first-order valence-electron chi connectivity index (χ1n) is 5.32. The van der Waals surface area contributed by atoms with E-state index in [0.29, 0.717) is 12.1 Å². The van der Waals surface area contributed by atoms with Crippen LogP contribution in [0.2, 0.25) is 0 Å². The van der Waals surface area contributed by atoms with Gasteiger partial charge >= 0.3 is 0 Å². The highest BCUT2D eigenvalue weighted by molar-refractivity contribution is 4.88. The Kier molecular flexibility index (Phi) is 2.86. The molecule has 1 N–H and O–H groups in total.